The maximum atomic E-state index is 13.6. The van der Waals surface area contributed by atoms with Crippen LogP contribution in [-0.2, 0) is 4.74 Å². The number of nitriles is 1. The smallest absolute Gasteiger partial charge is 0.183 e. The van der Waals surface area contributed by atoms with Gasteiger partial charge in [-0.15, -0.1) is 0 Å². The molecule has 0 amide bonds. The Hall–Kier alpha value is -1.67. The fourth-order valence-electron chi connectivity index (χ4n) is 1.82. The van der Waals surface area contributed by atoms with Crippen LogP contribution in [0.3, 0.4) is 0 Å². The number of anilines is 1. The molecule has 17 heavy (non-hydrogen) atoms. The van der Waals surface area contributed by atoms with Gasteiger partial charge in [0.2, 0.25) is 0 Å². The molecule has 1 heterocycles. The van der Waals surface area contributed by atoms with E-state index in [0.717, 1.165) is 12.8 Å². The lowest BCUT2D eigenvalue weighted by molar-refractivity contribution is 0.0875. The van der Waals surface area contributed by atoms with Gasteiger partial charge in [-0.05, 0) is 25.0 Å². The zero-order valence-electron chi connectivity index (χ0n) is 9.17. The maximum Gasteiger partial charge on any atom is 0.183 e. The predicted octanol–water partition coefficient (Wildman–Crippen LogP) is 2.43. The molecule has 1 aromatic carbocycles. The third kappa shape index (κ3) is 2.53. The van der Waals surface area contributed by atoms with E-state index in [-0.39, 0.29) is 17.3 Å². The van der Waals surface area contributed by atoms with Crippen LogP contribution < -0.4 is 5.32 Å². The quantitative estimate of drug-likeness (QED) is 0.860. The van der Waals surface area contributed by atoms with Gasteiger partial charge in [0.25, 0.3) is 0 Å². The number of hydrogen-bond donors (Lipinski definition) is 1. The lowest BCUT2D eigenvalue weighted by Gasteiger charge is -2.24. The fraction of sp³-hybridized carbons (Fsp3) is 0.417. The van der Waals surface area contributed by atoms with E-state index in [9.17, 15) is 8.78 Å². The van der Waals surface area contributed by atoms with Crippen molar-refractivity contribution in [1.29, 1.82) is 5.26 Å². The van der Waals surface area contributed by atoms with Gasteiger partial charge < -0.3 is 10.1 Å². The van der Waals surface area contributed by atoms with Crippen molar-refractivity contribution in [3.8, 4) is 6.07 Å². The van der Waals surface area contributed by atoms with Crippen LogP contribution in [0.1, 0.15) is 18.4 Å². The standard InChI is InChI=1S/C12H12F2N2O/c13-11-8(6-15)3-4-10(12(11)14)16-9-2-1-5-17-7-9/h3-4,9,16H,1-2,5,7H2. The second kappa shape index (κ2) is 5.11. The van der Waals surface area contributed by atoms with Crippen LogP contribution >= 0.6 is 0 Å². The first-order valence-electron chi connectivity index (χ1n) is 5.44. The zero-order chi connectivity index (χ0) is 12.3. The van der Waals surface area contributed by atoms with Crippen molar-refractivity contribution in [3.05, 3.63) is 29.3 Å². The number of halogens is 2. The Morgan fingerprint density at radius 3 is 2.82 bits per heavy atom. The highest BCUT2D eigenvalue weighted by Crippen LogP contribution is 2.22. The minimum Gasteiger partial charge on any atom is -0.379 e. The molecule has 0 aliphatic carbocycles. The number of benzene rings is 1. The van der Waals surface area contributed by atoms with Gasteiger partial charge in [-0.25, -0.2) is 8.78 Å². The number of nitrogens with zero attached hydrogens (tertiary/aromatic N) is 1. The van der Waals surface area contributed by atoms with E-state index < -0.39 is 11.6 Å². The molecule has 1 aliphatic heterocycles. The summed E-state index contributed by atoms with van der Waals surface area (Å²) in [5.41, 5.74) is -0.204. The van der Waals surface area contributed by atoms with Gasteiger partial charge >= 0.3 is 0 Å². The molecule has 1 unspecified atom stereocenters. The predicted molar refractivity (Wildman–Crippen MR) is 58.5 cm³/mol. The van der Waals surface area contributed by atoms with E-state index in [1.807, 2.05) is 0 Å². The Morgan fingerprint density at radius 2 is 2.18 bits per heavy atom. The largest absolute Gasteiger partial charge is 0.379 e. The van der Waals surface area contributed by atoms with Crippen molar-refractivity contribution in [2.45, 2.75) is 18.9 Å². The van der Waals surface area contributed by atoms with E-state index in [1.54, 1.807) is 6.07 Å². The molecule has 2 rings (SSSR count). The van der Waals surface area contributed by atoms with Crippen molar-refractivity contribution in [2.24, 2.45) is 0 Å². The summed E-state index contributed by atoms with van der Waals surface area (Å²) in [6.45, 7) is 1.20. The third-order valence-electron chi connectivity index (χ3n) is 2.72. The first-order chi connectivity index (χ1) is 8.22. The first-order valence-corrected chi connectivity index (χ1v) is 5.44. The SMILES string of the molecule is N#Cc1ccc(NC2CCCOC2)c(F)c1F. The van der Waals surface area contributed by atoms with Crippen LogP contribution in [0.5, 0.6) is 0 Å². The van der Waals surface area contributed by atoms with Gasteiger partial charge in [0.15, 0.2) is 11.6 Å². The number of hydrogen-bond acceptors (Lipinski definition) is 3. The Balaban J connectivity index is 2.16. The molecule has 1 N–H and O–H groups in total. The molecular formula is C12H12F2N2O. The van der Waals surface area contributed by atoms with E-state index in [4.69, 9.17) is 10.00 Å². The fourth-order valence-corrected chi connectivity index (χ4v) is 1.82. The topological polar surface area (TPSA) is 45.0 Å². The summed E-state index contributed by atoms with van der Waals surface area (Å²) in [6, 6.07) is 4.24. The summed E-state index contributed by atoms with van der Waals surface area (Å²) in [6.07, 6.45) is 1.76. The van der Waals surface area contributed by atoms with Crippen molar-refractivity contribution in [3.63, 3.8) is 0 Å². The molecule has 5 heteroatoms. The third-order valence-corrected chi connectivity index (χ3v) is 2.72. The lowest BCUT2D eigenvalue weighted by Crippen LogP contribution is -2.30. The first kappa shape index (κ1) is 11.8. The monoisotopic (exact) mass is 238 g/mol. The molecule has 1 saturated heterocycles. The normalized spacial score (nSPS) is 19.7. The minimum absolute atomic E-state index is 0.00872. The van der Waals surface area contributed by atoms with Gasteiger partial charge in [-0.1, -0.05) is 0 Å². The minimum atomic E-state index is -1.10. The maximum absolute atomic E-state index is 13.6. The number of ether oxygens (including phenoxy) is 1. The highest BCUT2D eigenvalue weighted by atomic mass is 19.2. The van der Waals surface area contributed by atoms with Crippen LogP contribution in [0.2, 0.25) is 0 Å². The van der Waals surface area contributed by atoms with Crippen molar-refractivity contribution in [2.75, 3.05) is 18.5 Å². The lowest BCUT2D eigenvalue weighted by atomic mass is 10.1. The van der Waals surface area contributed by atoms with Crippen LogP contribution in [-0.4, -0.2) is 19.3 Å². The van der Waals surface area contributed by atoms with E-state index in [2.05, 4.69) is 5.32 Å². The van der Waals surface area contributed by atoms with E-state index >= 15 is 0 Å². The summed E-state index contributed by atoms with van der Waals surface area (Å²) >= 11 is 0. The van der Waals surface area contributed by atoms with Crippen molar-refractivity contribution in [1.82, 2.24) is 0 Å². The Labute approximate surface area is 98.0 Å². The molecule has 1 fully saturated rings. The molecule has 1 aromatic rings. The molecule has 0 radical (unpaired) electrons. The van der Waals surface area contributed by atoms with Crippen molar-refractivity contribution >= 4 is 5.69 Å². The highest BCUT2D eigenvalue weighted by Gasteiger charge is 2.18. The van der Waals surface area contributed by atoms with Gasteiger partial charge in [-0.3, -0.25) is 0 Å². The number of rotatable bonds is 2. The van der Waals surface area contributed by atoms with Crippen LogP contribution in [0.4, 0.5) is 14.5 Å². The van der Waals surface area contributed by atoms with Crippen LogP contribution in [0, 0.1) is 23.0 Å². The van der Waals surface area contributed by atoms with Gasteiger partial charge in [0.1, 0.15) is 6.07 Å². The summed E-state index contributed by atoms with van der Waals surface area (Å²) in [7, 11) is 0. The Morgan fingerprint density at radius 1 is 1.35 bits per heavy atom. The Kier molecular flexibility index (Phi) is 3.55. The molecule has 0 saturated carbocycles. The molecule has 0 aromatic heterocycles. The summed E-state index contributed by atoms with van der Waals surface area (Å²) in [4.78, 5) is 0. The van der Waals surface area contributed by atoms with Gasteiger partial charge in [-0.2, -0.15) is 5.26 Å². The highest BCUT2D eigenvalue weighted by molar-refractivity contribution is 5.50. The van der Waals surface area contributed by atoms with Crippen LogP contribution in [0.25, 0.3) is 0 Å². The average molecular weight is 238 g/mol. The molecule has 0 spiro atoms. The molecule has 1 aliphatic rings. The van der Waals surface area contributed by atoms with E-state index in [1.165, 1.54) is 12.1 Å². The van der Waals surface area contributed by atoms with Crippen molar-refractivity contribution < 1.29 is 13.5 Å². The van der Waals surface area contributed by atoms with Gasteiger partial charge in [0.05, 0.1) is 17.9 Å². The molecule has 3 nitrogen and oxygen atoms in total. The average Bonchev–Trinajstić information content (AvgIpc) is 2.37. The zero-order valence-corrected chi connectivity index (χ0v) is 9.17. The Bertz CT molecular complexity index is 451. The molecule has 1 atom stereocenters. The van der Waals surface area contributed by atoms with Crippen LogP contribution in [0.15, 0.2) is 12.1 Å². The molecular weight excluding hydrogens is 226 g/mol. The van der Waals surface area contributed by atoms with E-state index in [0.29, 0.717) is 13.2 Å². The molecule has 0 bridgehead atoms. The molecule has 90 valence electrons. The summed E-state index contributed by atoms with van der Waals surface area (Å²) in [5, 5.41) is 11.4. The second-order valence-corrected chi connectivity index (χ2v) is 3.96. The van der Waals surface area contributed by atoms with Gasteiger partial charge in [0, 0.05) is 12.6 Å². The second-order valence-electron chi connectivity index (χ2n) is 3.96. The summed E-state index contributed by atoms with van der Waals surface area (Å²) < 4.78 is 32.2. The summed E-state index contributed by atoms with van der Waals surface area (Å²) in [5.74, 6) is -2.11. The number of nitrogens with one attached hydrogen (secondary N) is 1.